The number of nitrogens with one attached hydrogen (secondary N) is 1. The van der Waals surface area contributed by atoms with Crippen molar-refractivity contribution < 1.29 is 19.1 Å². The number of alkyl carbamates (subject to hydrolysis) is 1. The van der Waals surface area contributed by atoms with Crippen LogP contribution in [0, 0.1) is 11.8 Å². The molecule has 5 nitrogen and oxygen atoms in total. The van der Waals surface area contributed by atoms with Crippen LogP contribution in [0.2, 0.25) is 0 Å². The lowest BCUT2D eigenvalue weighted by Crippen LogP contribution is -2.38. The van der Waals surface area contributed by atoms with Crippen molar-refractivity contribution in [2.45, 2.75) is 39.2 Å². The fourth-order valence-electron chi connectivity index (χ4n) is 2.22. The van der Waals surface area contributed by atoms with E-state index in [1.807, 2.05) is 32.5 Å². The highest BCUT2D eigenvalue weighted by atomic mass is 32.2. The SMILES string of the molecule is COC(=O)[C@H]1CCSCC[C@H]1CNC(=O)OC(C)(C)C. The summed E-state index contributed by atoms with van der Waals surface area (Å²) < 4.78 is 10.1. The molecule has 0 radical (unpaired) electrons. The van der Waals surface area contributed by atoms with Gasteiger partial charge in [-0.05, 0) is 51.0 Å². The minimum atomic E-state index is -0.509. The minimum absolute atomic E-state index is 0.116. The van der Waals surface area contributed by atoms with Crippen molar-refractivity contribution in [3.63, 3.8) is 0 Å². The van der Waals surface area contributed by atoms with Crippen LogP contribution < -0.4 is 5.32 Å². The Labute approximate surface area is 125 Å². The van der Waals surface area contributed by atoms with E-state index < -0.39 is 11.7 Å². The molecule has 0 aromatic carbocycles. The second-order valence-corrected chi connectivity index (χ2v) is 7.19. The Morgan fingerprint density at radius 2 is 1.90 bits per heavy atom. The first-order valence-electron chi connectivity index (χ1n) is 6.96. The van der Waals surface area contributed by atoms with Gasteiger partial charge in [-0.3, -0.25) is 4.79 Å². The topological polar surface area (TPSA) is 64.6 Å². The molecule has 1 amide bonds. The quantitative estimate of drug-likeness (QED) is 0.811. The Bertz CT molecular complexity index is 341. The van der Waals surface area contributed by atoms with E-state index in [0.717, 1.165) is 24.3 Å². The van der Waals surface area contributed by atoms with E-state index in [-0.39, 0.29) is 17.8 Å². The van der Waals surface area contributed by atoms with Crippen molar-refractivity contribution >= 4 is 23.8 Å². The van der Waals surface area contributed by atoms with Gasteiger partial charge in [-0.1, -0.05) is 0 Å². The average Bonchev–Trinajstić information content (AvgIpc) is 2.58. The largest absolute Gasteiger partial charge is 0.469 e. The van der Waals surface area contributed by atoms with Crippen LogP contribution in [0.3, 0.4) is 0 Å². The van der Waals surface area contributed by atoms with Crippen molar-refractivity contribution in [2.24, 2.45) is 11.8 Å². The maximum atomic E-state index is 11.8. The molecule has 20 heavy (non-hydrogen) atoms. The number of carbonyl (C=O) groups is 2. The third kappa shape index (κ3) is 6.03. The average molecular weight is 303 g/mol. The smallest absolute Gasteiger partial charge is 0.407 e. The van der Waals surface area contributed by atoms with Crippen molar-refractivity contribution in [3.05, 3.63) is 0 Å². The molecule has 1 aliphatic heterocycles. The standard InChI is InChI=1S/C14H25NO4S/c1-14(2,3)19-13(17)15-9-10-5-7-20-8-6-11(10)12(16)18-4/h10-11H,5-9H2,1-4H3,(H,15,17)/t10-,11-/m0/s1. The molecule has 1 N–H and O–H groups in total. The molecule has 0 bridgehead atoms. The van der Waals surface area contributed by atoms with E-state index in [0.29, 0.717) is 6.54 Å². The van der Waals surface area contributed by atoms with E-state index >= 15 is 0 Å². The third-order valence-corrected chi connectivity index (χ3v) is 4.24. The Morgan fingerprint density at radius 1 is 1.25 bits per heavy atom. The van der Waals surface area contributed by atoms with Gasteiger partial charge < -0.3 is 14.8 Å². The van der Waals surface area contributed by atoms with Crippen molar-refractivity contribution in [1.29, 1.82) is 0 Å². The molecule has 2 atom stereocenters. The molecule has 1 heterocycles. The van der Waals surface area contributed by atoms with Gasteiger partial charge in [0.2, 0.25) is 0 Å². The summed E-state index contributed by atoms with van der Waals surface area (Å²) >= 11 is 1.84. The normalized spacial score (nSPS) is 23.6. The summed E-state index contributed by atoms with van der Waals surface area (Å²) in [6.45, 7) is 5.93. The van der Waals surface area contributed by atoms with Crippen molar-refractivity contribution in [1.82, 2.24) is 5.32 Å². The number of carbonyl (C=O) groups excluding carboxylic acids is 2. The van der Waals surface area contributed by atoms with E-state index in [4.69, 9.17) is 9.47 Å². The number of ether oxygens (including phenoxy) is 2. The van der Waals surface area contributed by atoms with Crippen molar-refractivity contribution in [3.8, 4) is 0 Å². The third-order valence-electron chi connectivity index (χ3n) is 3.19. The molecule has 6 heteroatoms. The van der Waals surface area contributed by atoms with Crippen LogP contribution >= 0.6 is 11.8 Å². The van der Waals surface area contributed by atoms with Gasteiger partial charge in [0.15, 0.2) is 0 Å². The molecule has 0 aromatic rings. The zero-order chi connectivity index (χ0) is 15.2. The molecule has 0 aliphatic carbocycles. The Kier molecular flexibility index (Phi) is 6.65. The molecule has 0 unspecified atom stereocenters. The van der Waals surface area contributed by atoms with Gasteiger partial charge in [-0.2, -0.15) is 11.8 Å². The minimum Gasteiger partial charge on any atom is -0.469 e. The fraction of sp³-hybridized carbons (Fsp3) is 0.857. The van der Waals surface area contributed by atoms with Crippen LogP contribution in [0.25, 0.3) is 0 Å². The van der Waals surface area contributed by atoms with E-state index in [1.165, 1.54) is 7.11 Å². The number of amides is 1. The first kappa shape index (κ1) is 17.1. The summed E-state index contributed by atoms with van der Waals surface area (Å²) in [6.07, 6.45) is 1.27. The molecule has 0 saturated carbocycles. The first-order valence-corrected chi connectivity index (χ1v) is 8.11. The molecule has 1 aliphatic rings. The lowest BCUT2D eigenvalue weighted by Gasteiger charge is -2.24. The number of hydrogen-bond acceptors (Lipinski definition) is 5. The molecule has 0 aromatic heterocycles. The molecule has 1 fully saturated rings. The monoisotopic (exact) mass is 303 g/mol. The maximum Gasteiger partial charge on any atom is 0.407 e. The number of esters is 1. The van der Waals surface area contributed by atoms with Crippen LogP contribution in [0.15, 0.2) is 0 Å². The number of methoxy groups -OCH3 is 1. The Morgan fingerprint density at radius 3 is 2.50 bits per heavy atom. The summed E-state index contributed by atoms with van der Waals surface area (Å²) in [5, 5.41) is 2.77. The van der Waals surface area contributed by atoms with Gasteiger partial charge in [0.1, 0.15) is 5.60 Å². The highest BCUT2D eigenvalue weighted by Crippen LogP contribution is 2.28. The Hall–Kier alpha value is -0.910. The van der Waals surface area contributed by atoms with Gasteiger partial charge in [-0.15, -0.1) is 0 Å². The van der Waals surface area contributed by atoms with Gasteiger partial charge in [0, 0.05) is 6.54 Å². The molecule has 1 rings (SSSR count). The highest BCUT2D eigenvalue weighted by molar-refractivity contribution is 7.99. The van der Waals surface area contributed by atoms with E-state index in [9.17, 15) is 9.59 Å². The van der Waals surface area contributed by atoms with Gasteiger partial charge in [0.05, 0.1) is 13.0 Å². The summed E-state index contributed by atoms with van der Waals surface area (Å²) in [7, 11) is 1.42. The van der Waals surface area contributed by atoms with Crippen LogP contribution in [0.1, 0.15) is 33.6 Å². The van der Waals surface area contributed by atoms with Crippen LogP contribution in [-0.2, 0) is 14.3 Å². The summed E-state index contributed by atoms with van der Waals surface area (Å²) in [5.74, 6) is 1.77. The van der Waals surface area contributed by atoms with E-state index in [1.54, 1.807) is 0 Å². The zero-order valence-corrected chi connectivity index (χ0v) is 13.5. The molecule has 0 spiro atoms. The Balaban J connectivity index is 2.53. The lowest BCUT2D eigenvalue weighted by molar-refractivity contribution is -0.147. The van der Waals surface area contributed by atoms with Crippen LogP contribution in [-0.4, -0.2) is 42.8 Å². The lowest BCUT2D eigenvalue weighted by atomic mass is 9.88. The highest BCUT2D eigenvalue weighted by Gasteiger charge is 2.31. The van der Waals surface area contributed by atoms with Gasteiger partial charge in [-0.25, -0.2) is 4.79 Å². The number of thioether (sulfide) groups is 1. The summed E-state index contributed by atoms with van der Waals surface area (Å²) in [6, 6.07) is 0. The summed E-state index contributed by atoms with van der Waals surface area (Å²) in [4.78, 5) is 23.5. The van der Waals surface area contributed by atoms with E-state index in [2.05, 4.69) is 5.32 Å². The van der Waals surface area contributed by atoms with Gasteiger partial charge in [0.25, 0.3) is 0 Å². The van der Waals surface area contributed by atoms with Crippen molar-refractivity contribution in [2.75, 3.05) is 25.2 Å². The second-order valence-electron chi connectivity index (χ2n) is 5.96. The van der Waals surface area contributed by atoms with Crippen LogP contribution in [0.4, 0.5) is 4.79 Å². The molecule has 1 saturated heterocycles. The zero-order valence-electron chi connectivity index (χ0n) is 12.7. The molecular weight excluding hydrogens is 278 g/mol. The van der Waals surface area contributed by atoms with Crippen LogP contribution in [0.5, 0.6) is 0 Å². The second kappa shape index (κ2) is 7.76. The van der Waals surface area contributed by atoms with Gasteiger partial charge >= 0.3 is 12.1 Å². The maximum absolute atomic E-state index is 11.8. The predicted molar refractivity (Wildman–Crippen MR) is 79.8 cm³/mol. The number of rotatable bonds is 3. The fourth-order valence-corrected chi connectivity index (χ4v) is 3.31. The first-order chi connectivity index (χ1) is 9.33. The molecular formula is C14H25NO4S. The summed E-state index contributed by atoms with van der Waals surface area (Å²) in [5.41, 5.74) is -0.509. The predicted octanol–water partition coefficient (Wildman–Crippen LogP) is 2.44. The number of hydrogen-bond donors (Lipinski definition) is 1. The molecule has 116 valence electrons.